The lowest BCUT2D eigenvalue weighted by Gasteiger charge is -2.40. The van der Waals surface area contributed by atoms with Gasteiger partial charge in [-0.25, -0.2) is 14.0 Å². The van der Waals surface area contributed by atoms with Crippen molar-refractivity contribution in [2.24, 2.45) is 16.8 Å². The van der Waals surface area contributed by atoms with Gasteiger partial charge in [-0.15, -0.1) is 0 Å². The molecule has 8 rings (SSSR count). The van der Waals surface area contributed by atoms with E-state index >= 15 is 4.39 Å². The Bertz CT molecular complexity index is 3360. The van der Waals surface area contributed by atoms with Crippen molar-refractivity contribution in [2.45, 2.75) is 135 Å². The molecule has 0 unspecified atom stereocenters. The topological polar surface area (TPSA) is 306 Å². The van der Waals surface area contributed by atoms with E-state index in [-0.39, 0.29) is 81.8 Å². The fourth-order valence-corrected chi connectivity index (χ4v) is 11.5. The van der Waals surface area contributed by atoms with Crippen LogP contribution in [0.4, 0.5) is 31.0 Å². The summed E-state index contributed by atoms with van der Waals surface area (Å²) >= 11 is 0. The maximum atomic E-state index is 16.6. The highest BCUT2D eigenvalue weighted by Crippen LogP contribution is 2.39. The molecule has 91 heavy (non-hydrogen) atoms. The van der Waals surface area contributed by atoms with Crippen molar-refractivity contribution in [3.05, 3.63) is 134 Å². The van der Waals surface area contributed by atoms with Crippen molar-refractivity contribution in [1.82, 2.24) is 40.3 Å². The molecule has 2 aromatic carbocycles. The molecule has 1 saturated carbocycles. The van der Waals surface area contributed by atoms with Crippen LogP contribution in [0.3, 0.4) is 0 Å². The number of nitrogens with one attached hydrogen (secondary N) is 4. The number of nitrogens with zero attached hydrogens (tertiary/aromatic N) is 10. The summed E-state index contributed by atoms with van der Waals surface area (Å²) in [5.41, 5.74) is 20.3. The lowest BCUT2D eigenvalue weighted by Crippen LogP contribution is -2.54. The summed E-state index contributed by atoms with van der Waals surface area (Å²) in [5.74, 6) is -2.34. The second-order valence-electron chi connectivity index (χ2n) is 23.9. The molecule has 25 nitrogen and oxygen atoms in total. The minimum atomic E-state index is -1.06. The molecule has 6 N–H and O–H groups in total. The van der Waals surface area contributed by atoms with E-state index in [1.165, 1.54) is 6.07 Å². The molecule has 3 aliphatic rings. The van der Waals surface area contributed by atoms with Gasteiger partial charge in [0, 0.05) is 129 Å². The van der Waals surface area contributed by atoms with Gasteiger partial charge in [0.25, 0.3) is 0 Å². The van der Waals surface area contributed by atoms with Crippen LogP contribution in [0.15, 0.2) is 89.2 Å². The highest BCUT2D eigenvalue weighted by atomic mass is 19.1. The molecular weight excluding hydrogens is 1170 g/mol. The van der Waals surface area contributed by atoms with Crippen molar-refractivity contribution < 1.29 is 47.3 Å². The van der Waals surface area contributed by atoms with E-state index in [4.69, 9.17) is 30.2 Å². The van der Waals surface area contributed by atoms with Crippen LogP contribution >= 0.6 is 0 Å². The molecule has 2 saturated heterocycles. The summed E-state index contributed by atoms with van der Waals surface area (Å²) in [6.45, 7) is 13.1. The number of fused-ring (bicyclic) bond motifs is 1. The van der Waals surface area contributed by atoms with Crippen LogP contribution in [-0.4, -0.2) is 164 Å². The summed E-state index contributed by atoms with van der Waals surface area (Å²) in [5, 5.41) is 14.6. The first-order chi connectivity index (χ1) is 43.9. The zero-order valence-corrected chi connectivity index (χ0v) is 53.0. The van der Waals surface area contributed by atoms with Crippen LogP contribution in [0.2, 0.25) is 0 Å². The number of hydrogen-bond donors (Lipinski definition) is 5. The number of ether oxygens (including phenoxy) is 4. The molecule has 1 aliphatic carbocycles. The number of aryl methyl sites for hydroxylation is 2. The van der Waals surface area contributed by atoms with Crippen molar-refractivity contribution >= 4 is 57.8 Å². The third-order valence-corrected chi connectivity index (χ3v) is 16.7. The predicted octanol–water partition coefficient (Wildman–Crippen LogP) is 7.55. The molecule has 3 aromatic heterocycles. The van der Waals surface area contributed by atoms with Crippen molar-refractivity contribution in [3.8, 4) is 0 Å². The normalized spacial score (nSPS) is 15.8. The number of pyridine rings is 3. The average molecular weight is 1260 g/mol. The monoisotopic (exact) mass is 1260 g/mol. The number of hydrogen-bond acceptors (Lipinski definition) is 16. The maximum absolute atomic E-state index is 16.6. The molecule has 490 valence electrons. The second-order valence-corrected chi connectivity index (χ2v) is 23.9. The largest absolute Gasteiger partial charge is 0.445 e. The van der Waals surface area contributed by atoms with Crippen molar-refractivity contribution in [1.29, 1.82) is 0 Å². The number of rotatable bonds is 33. The Hall–Kier alpha value is -8.42. The van der Waals surface area contributed by atoms with Gasteiger partial charge < -0.3 is 65.2 Å². The Morgan fingerprint density at radius 3 is 2.24 bits per heavy atom. The minimum Gasteiger partial charge on any atom is -0.445 e. The summed E-state index contributed by atoms with van der Waals surface area (Å²) in [6.07, 6.45) is 10.7. The molecule has 5 aromatic rings. The van der Waals surface area contributed by atoms with E-state index in [0.717, 1.165) is 66.9 Å². The number of azide groups is 1. The van der Waals surface area contributed by atoms with E-state index < -0.39 is 47.7 Å². The summed E-state index contributed by atoms with van der Waals surface area (Å²) in [6, 6.07) is 15.7. The predicted molar refractivity (Wildman–Crippen MR) is 344 cm³/mol. The Labute approximate surface area is 530 Å². The fourth-order valence-electron chi connectivity index (χ4n) is 11.5. The average Bonchev–Trinajstić information content (AvgIpc) is 1.90. The Kier molecular flexibility index (Phi) is 25.7. The highest BCUT2D eigenvalue weighted by molar-refractivity contribution is 5.98. The van der Waals surface area contributed by atoms with Gasteiger partial charge in [0.1, 0.15) is 24.5 Å². The number of urea groups is 1. The first kappa shape index (κ1) is 68.5. The Morgan fingerprint density at radius 1 is 0.824 bits per heavy atom. The van der Waals surface area contributed by atoms with Gasteiger partial charge in [-0.3, -0.25) is 34.0 Å². The Balaban J connectivity index is 0.823. The summed E-state index contributed by atoms with van der Waals surface area (Å²) in [7, 11) is 1.69. The number of halogens is 1. The van der Waals surface area contributed by atoms with E-state index in [2.05, 4.69) is 67.8 Å². The molecular formula is C65H88FN15O10. The van der Waals surface area contributed by atoms with Gasteiger partial charge in [0.15, 0.2) is 5.43 Å². The highest BCUT2D eigenvalue weighted by Gasteiger charge is 2.33. The number of amides is 6. The molecule has 5 heterocycles. The number of aromatic nitrogens is 3. The minimum absolute atomic E-state index is 0.0242. The lowest BCUT2D eigenvalue weighted by atomic mass is 10.0. The van der Waals surface area contributed by atoms with Crippen LogP contribution in [0, 0.1) is 25.6 Å². The van der Waals surface area contributed by atoms with E-state index in [9.17, 15) is 28.8 Å². The molecule has 0 radical (unpaired) electrons. The Morgan fingerprint density at radius 2 is 1.56 bits per heavy atom. The number of anilines is 3. The van der Waals surface area contributed by atoms with Crippen LogP contribution in [0.5, 0.6) is 0 Å². The van der Waals surface area contributed by atoms with Crippen molar-refractivity contribution in [2.75, 3.05) is 101 Å². The number of carbonyl (C=O) groups excluding carboxylic acids is 5. The molecule has 0 bridgehead atoms. The summed E-state index contributed by atoms with van der Waals surface area (Å²) in [4.78, 5) is 99.9. The standard InChI is InChI=1S/C65H88FN15O10/c1-43(2)60(75-59(82)21-28-88-30-32-90-33-31-89-29-24-72-76-68)63(85)74-56(9-6-22-70-64(67)86)62(84)73-49-13-11-46(12-14-49)42-91-65(87)77(5)50-19-26-78(27-20-50)58-36-57-54(35-55(58)66)61(83)48(40-81(57)51-16-17-51)39-80(38-47-18-23-69-45(4)34-47)53-8-7-25-79(41-53)52-15-10-44(3)71-37-52/h10-15,18,23,34-37,40,43,50-51,53,56,60H,6-9,16-17,19-22,24-33,38-39,41-42H2,1-5H3,(H,73,84)(H,74,85)(H,75,82)(H3,67,70,86)/t53-,56-,60-/m0/s1. The number of benzene rings is 2. The van der Waals surface area contributed by atoms with Gasteiger partial charge in [-0.2, -0.15) is 0 Å². The third-order valence-electron chi connectivity index (χ3n) is 16.7. The molecule has 26 heteroatoms. The smallest absolute Gasteiger partial charge is 0.410 e. The van der Waals surface area contributed by atoms with Crippen LogP contribution in [-0.2, 0) is 53.0 Å². The quantitative estimate of drug-likeness (QED) is 0.0117. The van der Waals surface area contributed by atoms with Crippen LogP contribution in [0.25, 0.3) is 21.3 Å². The van der Waals surface area contributed by atoms with Crippen molar-refractivity contribution in [3.63, 3.8) is 0 Å². The lowest BCUT2D eigenvalue weighted by molar-refractivity contribution is -0.132. The zero-order valence-electron chi connectivity index (χ0n) is 53.0. The number of nitrogens with two attached hydrogens (primary N) is 1. The maximum Gasteiger partial charge on any atom is 0.410 e. The van der Waals surface area contributed by atoms with E-state index in [1.54, 1.807) is 50.1 Å². The van der Waals surface area contributed by atoms with Gasteiger partial charge in [-0.1, -0.05) is 31.1 Å². The number of piperidine rings is 2. The number of carbonyl (C=O) groups is 5. The molecule has 3 fully saturated rings. The second kappa shape index (κ2) is 34.1. The van der Waals surface area contributed by atoms with Crippen LogP contribution in [0.1, 0.15) is 106 Å². The van der Waals surface area contributed by atoms with Crippen LogP contribution < -0.4 is 42.2 Å². The van der Waals surface area contributed by atoms with Gasteiger partial charge in [-0.05, 0) is 136 Å². The third kappa shape index (κ3) is 20.5. The van der Waals surface area contributed by atoms with Gasteiger partial charge in [0.2, 0.25) is 17.7 Å². The first-order valence-corrected chi connectivity index (χ1v) is 31.6. The molecule has 2 aliphatic heterocycles. The van der Waals surface area contributed by atoms with E-state index in [0.29, 0.717) is 93.2 Å². The first-order valence-electron chi connectivity index (χ1n) is 31.6. The van der Waals surface area contributed by atoms with Gasteiger partial charge in [0.05, 0.1) is 62.7 Å². The SMILES string of the molecule is Cc1ccc(N2CCC[C@H](N(Cc3ccnc(C)c3)Cc3cn(C4CC4)c4cc(N5CCC(N(C)C(=O)OCc6ccc(NC(=O)[C@H](CCCNC(N)=O)NC(=O)[C@@H](NC(=O)CCOCCOCCOCCN=[N+]=[N-])C(C)C)cc6)CC5)c(F)cc4c3=O)C2)cn1. The molecule has 3 atom stereocenters. The summed E-state index contributed by atoms with van der Waals surface area (Å²) < 4.78 is 40.7. The molecule has 6 amide bonds. The fraction of sp³-hybridized carbons (Fsp3) is 0.538. The zero-order chi connectivity index (χ0) is 64.8. The molecule has 0 spiro atoms. The van der Waals surface area contributed by atoms with E-state index in [1.807, 2.05) is 55.5 Å². The van der Waals surface area contributed by atoms with Gasteiger partial charge >= 0.3 is 12.1 Å². The number of primary amides is 1.